The van der Waals surface area contributed by atoms with E-state index in [1.807, 2.05) is 13.8 Å². The van der Waals surface area contributed by atoms with E-state index in [-0.39, 0.29) is 30.0 Å². The molecule has 2 aliphatic rings. The van der Waals surface area contributed by atoms with Gasteiger partial charge < -0.3 is 34.6 Å². The highest BCUT2D eigenvalue weighted by Gasteiger charge is 2.31. The number of H-pyrrole nitrogens is 1. The summed E-state index contributed by atoms with van der Waals surface area (Å²) >= 11 is 0. The van der Waals surface area contributed by atoms with Crippen molar-refractivity contribution in [2.75, 3.05) is 38.8 Å². The Morgan fingerprint density at radius 2 is 2.17 bits per heavy atom. The lowest BCUT2D eigenvalue weighted by Crippen LogP contribution is -2.44. The molecule has 3 N–H and O–H groups in total. The number of benzene rings is 1. The highest BCUT2D eigenvalue weighted by Crippen LogP contribution is 2.42. The molecule has 2 aromatic heterocycles. The van der Waals surface area contributed by atoms with E-state index in [1.54, 1.807) is 30.6 Å². The summed E-state index contributed by atoms with van der Waals surface area (Å²) in [5.74, 6) is -0.162. The van der Waals surface area contributed by atoms with E-state index < -0.39 is 5.82 Å². The maximum atomic E-state index is 14.4. The molecule has 0 bridgehead atoms. The number of para-hydroxylation sites is 1. The highest BCUT2D eigenvalue weighted by molar-refractivity contribution is 6.06. The Morgan fingerprint density at radius 3 is 2.94 bits per heavy atom. The van der Waals surface area contributed by atoms with E-state index in [0.717, 1.165) is 5.69 Å². The number of carbonyl (C=O) groups is 1. The molecule has 2 aliphatic heterocycles. The third-order valence-corrected chi connectivity index (χ3v) is 6.20. The highest BCUT2D eigenvalue weighted by atomic mass is 19.1. The molecule has 1 unspecified atom stereocenters. The van der Waals surface area contributed by atoms with Crippen molar-refractivity contribution in [2.45, 2.75) is 32.0 Å². The predicted octanol–water partition coefficient (Wildman–Crippen LogP) is 3.83. The molecule has 10 heteroatoms. The molecule has 1 amide bonds. The van der Waals surface area contributed by atoms with Crippen LogP contribution in [0.1, 0.15) is 29.9 Å². The van der Waals surface area contributed by atoms with Crippen molar-refractivity contribution in [3.8, 4) is 22.8 Å². The molecule has 5 rings (SSSR count). The number of methoxy groups -OCH3 is 1. The second kappa shape index (κ2) is 9.79. The van der Waals surface area contributed by atoms with Gasteiger partial charge in [-0.15, -0.1) is 0 Å². The Bertz CT molecular complexity index is 1270. The van der Waals surface area contributed by atoms with Gasteiger partial charge >= 0.3 is 0 Å². The van der Waals surface area contributed by atoms with E-state index in [4.69, 9.17) is 18.9 Å². The van der Waals surface area contributed by atoms with Gasteiger partial charge in [0.2, 0.25) is 0 Å². The number of hydrogen-bond donors (Lipinski definition) is 3. The minimum absolute atomic E-state index is 0.0539. The summed E-state index contributed by atoms with van der Waals surface area (Å²) in [6.07, 6.45) is 3.68. The smallest absolute Gasteiger partial charge is 0.255 e. The molecule has 190 valence electrons. The van der Waals surface area contributed by atoms with E-state index in [9.17, 15) is 9.18 Å². The van der Waals surface area contributed by atoms with Crippen LogP contribution in [-0.2, 0) is 15.9 Å². The van der Waals surface area contributed by atoms with Crippen LogP contribution in [0.4, 0.5) is 15.8 Å². The quantitative estimate of drug-likeness (QED) is 0.457. The molecule has 36 heavy (non-hydrogen) atoms. The molecule has 0 spiro atoms. The SMILES string of the molecule is COc1c(F)cccc1Nc1c(-c2ccncc2OCC2COC(C)(C)CO2)[nH]c2c1C(=O)NCC2. The summed E-state index contributed by atoms with van der Waals surface area (Å²) in [5, 5.41) is 6.11. The Labute approximate surface area is 208 Å². The number of nitrogens with one attached hydrogen (secondary N) is 3. The van der Waals surface area contributed by atoms with Crippen molar-refractivity contribution in [3.05, 3.63) is 53.7 Å². The van der Waals surface area contributed by atoms with Crippen LogP contribution in [0.5, 0.6) is 11.5 Å². The maximum Gasteiger partial charge on any atom is 0.255 e. The maximum absolute atomic E-state index is 14.4. The molecule has 9 nitrogen and oxygen atoms in total. The zero-order valence-electron chi connectivity index (χ0n) is 20.4. The molecule has 1 saturated heterocycles. The fourth-order valence-electron chi connectivity index (χ4n) is 4.36. The third-order valence-electron chi connectivity index (χ3n) is 6.20. The largest absolute Gasteiger partial charge is 0.492 e. The van der Waals surface area contributed by atoms with E-state index in [1.165, 1.54) is 13.2 Å². The van der Waals surface area contributed by atoms with Gasteiger partial charge in [-0.1, -0.05) is 6.07 Å². The third kappa shape index (κ3) is 4.74. The van der Waals surface area contributed by atoms with Crippen molar-refractivity contribution in [1.29, 1.82) is 0 Å². The van der Waals surface area contributed by atoms with Gasteiger partial charge in [0.15, 0.2) is 11.6 Å². The van der Waals surface area contributed by atoms with Gasteiger partial charge in [-0.25, -0.2) is 4.39 Å². The van der Waals surface area contributed by atoms with Gasteiger partial charge in [-0.2, -0.15) is 0 Å². The van der Waals surface area contributed by atoms with Crippen molar-refractivity contribution >= 4 is 17.3 Å². The van der Waals surface area contributed by atoms with Gasteiger partial charge in [-0.3, -0.25) is 9.78 Å². The number of carbonyl (C=O) groups excluding carboxylic acids is 1. The van der Waals surface area contributed by atoms with Crippen molar-refractivity contribution in [2.24, 2.45) is 0 Å². The molecule has 0 radical (unpaired) electrons. The molecule has 4 heterocycles. The zero-order valence-corrected chi connectivity index (χ0v) is 20.4. The fourth-order valence-corrected chi connectivity index (χ4v) is 4.36. The Hall–Kier alpha value is -3.63. The lowest BCUT2D eigenvalue weighted by Gasteiger charge is -2.34. The van der Waals surface area contributed by atoms with Crippen LogP contribution < -0.4 is 20.1 Å². The molecule has 0 aliphatic carbocycles. The number of anilines is 2. The molecule has 3 aromatic rings. The Kier molecular flexibility index (Phi) is 6.55. The molecule has 1 atom stereocenters. The lowest BCUT2D eigenvalue weighted by atomic mass is 10.0. The van der Waals surface area contributed by atoms with Crippen LogP contribution in [0.3, 0.4) is 0 Å². The minimum atomic E-state index is -0.510. The van der Waals surface area contributed by atoms with Crippen LogP contribution in [-0.4, -0.2) is 61.1 Å². The van der Waals surface area contributed by atoms with Gasteiger partial charge in [0.25, 0.3) is 5.91 Å². The predicted molar refractivity (Wildman–Crippen MR) is 132 cm³/mol. The van der Waals surface area contributed by atoms with E-state index in [0.29, 0.717) is 60.1 Å². The van der Waals surface area contributed by atoms with Gasteiger partial charge in [0.05, 0.1) is 54.8 Å². The van der Waals surface area contributed by atoms with E-state index in [2.05, 4.69) is 20.6 Å². The van der Waals surface area contributed by atoms with Gasteiger partial charge in [-0.05, 0) is 32.0 Å². The second-order valence-corrected chi connectivity index (χ2v) is 9.37. The molecule has 1 fully saturated rings. The first kappa shape index (κ1) is 24.1. The Morgan fingerprint density at radius 1 is 1.31 bits per heavy atom. The fraction of sp³-hybridized carbons (Fsp3) is 0.385. The summed E-state index contributed by atoms with van der Waals surface area (Å²) in [7, 11) is 1.40. The van der Waals surface area contributed by atoms with Crippen LogP contribution >= 0.6 is 0 Å². The van der Waals surface area contributed by atoms with Crippen molar-refractivity contribution in [3.63, 3.8) is 0 Å². The number of aromatic nitrogens is 2. The summed E-state index contributed by atoms with van der Waals surface area (Å²) in [6.45, 7) is 5.65. The number of aromatic amines is 1. The van der Waals surface area contributed by atoms with Crippen LogP contribution in [0.15, 0.2) is 36.7 Å². The molecule has 1 aromatic carbocycles. The second-order valence-electron chi connectivity index (χ2n) is 9.37. The Balaban J connectivity index is 1.50. The summed E-state index contributed by atoms with van der Waals surface area (Å²) in [6, 6.07) is 6.39. The van der Waals surface area contributed by atoms with Gasteiger partial charge in [0, 0.05) is 30.4 Å². The number of halogens is 1. The summed E-state index contributed by atoms with van der Waals surface area (Å²) in [4.78, 5) is 20.5. The van der Waals surface area contributed by atoms with Crippen LogP contribution in [0.2, 0.25) is 0 Å². The number of ether oxygens (including phenoxy) is 4. The number of fused-ring (bicyclic) bond motifs is 1. The monoisotopic (exact) mass is 496 g/mol. The van der Waals surface area contributed by atoms with Crippen molar-refractivity contribution in [1.82, 2.24) is 15.3 Å². The van der Waals surface area contributed by atoms with Gasteiger partial charge in [0.1, 0.15) is 18.5 Å². The number of amides is 1. The number of rotatable bonds is 7. The summed E-state index contributed by atoms with van der Waals surface area (Å²) < 4.78 is 37.5. The first-order valence-electron chi connectivity index (χ1n) is 11.8. The first-order valence-corrected chi connectivity index (χ1v) is 11.8. The standard InChI is InChI=1S/C26H29FN4O5/c1-26(2)14-35-15(13-36-26)12-34-20-11-28-9-7-16(20)22-23(21-18(30-22)8-10-29-25(21)32)31-19-6-4-5-17(27)24(19)33-3/h4-7,9,11,15,30-31H,8,10,12-14H2,1-3H3,(H,29,32). The van der Waals surface area contributed by atoms with E-state index >= 15 is 0 Å². The molecular weight excluding hydrogens is 467 g/mol. The zero-order chi connectivity index (χ0) is 25.3. The molecular formula is C26H29FN4O5. The van der Waals surface area contributed by atoms with Crippen LogP contribution in [0.25, 0.3) is 11.3 Å². The average molecular weight is 497 g/mol. The topological polar surface area (TPSA) is 107 Å². The van der Waals surface area contributed by atoms with Crippen LogP contribution in [0, 0.1) is 5.82 Å². The van der Waals surface area contributed by atoms with Crippen molar-refractivity contribution < 1.29 is 28.1 Å². The number of pyridine rings is 1. The normalized spacial score (nSPS) is 18.8. The lowest BCUT2D eigenvalue weighted by molar-refractivity contribution is -0.181. The first-order chi connectivity index (χ1) is 17.4. The number of nitrogens with zero attached hydrogens (tertiary/aromatic N) is 1. The molecule has 0 saturated carbocycles. The average Bonchev–Trinajstić information content (AvgIpc) is 3.23. The number of hydrogen-bond acceptors (Lipinski definition) is 7. The summed E-state index contributed by atoms with van der Waals surface area (Å²) in [5.41, 5.74) is 3.15. The minimum Gasteiger partial charge on any atom is -0.492 e.